The molecule has 6 nitrogen and oxygen atoms in total. The number of ether oxygens (including phenoxy) is 1. The number of rotatable bonds is 6. The van der Waals surface area contributed by atoms with Gasteiger partial charge < -0.3 is 20.4 Å². The van der Waals surface area contributed by atoms with Crippen LogP contribution in [0.15, 0.2) is 84.1 Å². The van der Waals surface area contributed by atoms with Crippen molar-refractivity contribution in [2.45, 2.75) is 13.1 Å². The summed E-state index contributed by atoms with van der Waals surface area (Å²) in [6.45, 7) is 1.28. The molecule has 146 valence electrons. The van der Waals surface area contributed by atoms with Gasteiger partial charge >= 0.3 is 0 Å². The van der Waals surface area contributed by atoms with Gasteiger partial charge in [0.2, 0.25) is 0 Å². The van der Waals surface area contributed by atoms with Crippen molar-refractivity contribution in [2.24, 2.45) is 10.7 Å². The highest BCUT2D eigenvalue weighted by molar-refractivity contribution is 5.93. The lowest BCUT2D eigenvalue weighted by Crippen LogP contribution is -2.22. The lowest BCUT2D eigenvalue weighted by molar-refractivity contribution is 0.417. The molecule has 1 heterocycles. The molecule has 0 bridgehead atoms. The molecular formula is C23H23N5O. The van der Waals surface area contributed by atoms with E-state index in [2.05, 4.69) is 50.2 Å². The summed E-state index contributed by atoms with van der Waals surface area (Å²) in [5, 5.41) is 3.08. The van der Waals surface area contributed by atoms with Crippen molar-refractivity contribution in [3.05, 3.63) is 90.3 Å². The van der Waals surface area contributed by atoms with Crippen LogP contribution in [0.2, 0.25) is 0 Å². The molecule has 0 fully saturated rings. The van der Waals surface area contributed by atoms with Crippen molar-refractivity contribution >= 4 is 22.7 Å². The van der Waals surface area contributed by atoms with Crippen LogP contribution in [0.3, 0.4) is 0 Å². The molecule has 4 aromatic rings. The molecule has 0 unspecified atom stereocenters. The van der Waals surface area contributed by atoms with Crippen LogP contribution >= 0.6 is 0 Å². The minimum Gasteiger partial charge on any atom is -0.495 e. The van der Waals surface area contributed by atoms with E-state index in [9.17, 15) is 0 Å². The summed E-state index contributed by atoms with van der Waals surface area (Å²) in [4.78, 5) is 8.87. The predicted octanol–water partition coefficient (Wildman–Crippen LogP) is 4.02. The van der Waals surface area contributed by atoms with E-state index in [1.54, 1.807) is 7.11 Å². The molecule has 0 spiro atoms. The van der Waals surface area contributed by atoms with E-state index in [1.165, 1.54) is 5.56 Å². The Hall–Kier alpha value is -3.80. The first-order chi connectivity index (χ1) is 14.2. The minimum absolute atomic E-state index is 0.350. The van der Waals surface area contributed by atoms with Crippen molar-refractivity contribution in [3.8, 4) is 5.75 Å². The number of aliphatic imine (C=N–C) groups is 1. The quantitative estimate of drug-likeness (QED) is 0.388. The molecule has 3 N–H and O–H groups in total. The first kappa shape index (κ1) is 18.6. The fourth-order valence-corrected chi connectivity index (χ4v) is 3.18. The van der Waals surface area contributed by atoms with Gasteiger partial charge in [-0.15, -0.1) is 0 Å². The minimum atomic E-state index is 0.350. The van der Waals surface area contributed by atoms with Crippen molar-refractivity contribution in [1.82, 2.24) is 9.55 Å². The normalized spacial score (nSPS) is 11.6. The van der Waals surface area contributed by atoms with Crippen LogP contribution in [0.5, 0.6) is 5.75 Å². The van der Waals surface area contributed by atoms with Crippen molar-refractivity contribution in [3.63, 3.8) is 0 Å². The van der Waals surface area contributed by atoms with Gasteiger partial charge in [-0.25, -0.2) is 9.98 Å². The highest BCUT2D eigenvalue weighted by Gasteiger charge is 2.04. The van der Waals surface area contributed by atoms with E-state index in [-0.39, 0.29) is 0 Å². The zero-order chi connectivity index (χ0) is 20.1. The van der Waals surface area contributed by atoms with Gasteiger partial charge in [0, 0.05) is 6.54 Å². The van der Waals surface area contributed by atoms with E-state index >= 15 is 0 Å². The number of hydrogen-bond acceptors (Lipinski definition) is 3. The summed E-state index contributed by atoms with van der Waals surface area (Å²) in [6, 6.07) is 24.1. The average molecular weight is 385 g/mol. The second-order valence-corrected chi connectivity index (χ2v) is 6.70. The smallest absolute Gasteiger partial charge is 0.193 e. The zero-order valence-electron chi connectivity index (χ0n) is 16.2. The van der Waals surface area contributed by atoms with E-state index in [0.29, 0.717) is 12.5 Å². The van der Waals surface area contributed by atoms with Crippen molar-refractivity contribution in [2.75, 3.05) is 12.4 Å². The Morgan fingerprint density at radius 2 is 1.72 bits per heavy atom. The van der Waals surface area contributed by atoms with Crippen molar-refractivity contribution in [1.29, 1.82) is 0 Å². The number of nitrogens with one attached hydrogen (secondary N) is 1. The van der Waals surface area contributed by atoms with Crippen LogP contribution in [-0.2, 0) is 13.1 Å². The van der Waals surface area contributed by atoms with Crippen LogP contribution in [0, 0.1) is 0 Å². The fraction of sp³-hybridized carbons (Fsp3) is 0.130. The number of methoxy groups -OCH3 is 1. The monoisotopic (exact) mass is 385 g/mol. The number of aromatic nitrogens is 2. The maximum atomic E-state index is 6.02. The number of guanidine groups is 1. The Morgan fingerprint density at radius 3 is 2.55 bits per heavy atom. The Morgan fingerprint density at radius 1 is 1.00 bits per heavy atom. The van der Waals surface area contributed by atoms with E-state index in [4.69, 9.17) is 10.5 Å². The first-order valence-electron chi connectivity index (χ1n) is 9.40. The first-order valence-corrected chi connectivity index (χ1v) is 9.40. The number of para-hydroxylation sites is 4. The highest BCUT2D eigenvalue weighted by Crippen LogP contribution is 2.22. The molecule has 0 aliphatic rings. The van der Waals surface area contributed by atoms with Gasteiger partial charge in [-0.05, 0) is 35.4 Å². The Bertz CT molecular complexity index is 1130. The van der Waals surface area contributed by atoms with Crippen molar-refractivity contribution < 1.29 is 4.74 Å². The third kappa shape index (κ3) is 4.38. The summed E-state index contributed by atoms with van der Waals surface area (Å²) in [5.41, 5.74) is 11.3. The molecule has 1 aromatic heterocycles. The van der Waals surface area contributed by atoms with E-state index in [1.807, 2.05) is 48.8 Å². The molecular weight excluding hydrogens is 362 g/mol. The van der Waals surface area contributed by atoms with Gasteiger partial charge in [-0.1, -0.05) is 48.5 Å². The number of benzene rings is 3. The van der Waals surface area contributed by atoms with Crippen LogP contribution in [0.1, 0.15) is 11.1 Å². The van der Waals surface area contributed by atoms with Gasteiger partial charge in [-0.3, -0.25) is 0 Å². The standard InChI is InChI=1S/C23H23N5O/c1-29-22-9-5-3-7-20(22)27-23(24)25-14-17-10-12-18(13-11-17)15-28-16-26-19-6-2-4-8-21(19)28/h2-13,16H,14-15H2,1H3,(H3,24,25,27). The number of imidazole rings is 1. The zero-order valence-corrected chi connectivity index (χ0v) is 16.2. The Labute approximate surface area is 169 Å². The lowest BCUT2D eigenvalue weighted by atomic mass is 10.1. The third-order valence-corrected chi connectivity index (χ3v) is 4.70. The SMILES string of the molecule is COc1ccccc1NC(N)=NCc1ccc(Cn2cnc3ccccc32)cc1. The maximum absolute atomic E-state index is 6.02. The molecule has 0 saturated carbocycles. The molecule has 0 aliphatic heterocycles. The van der Waals surface area contributed by atoms with Gasteiger partial charge in [0.25, 0.3) is 0 Å². The van der Waals surface area contributed by atoms with Gasteiger partial charge in [-0.2, -0.15) is 0 Å². The molecule has 0 radical (unpaired) electrons. The second-order valence-electron chi connectivity index (χ2n) is 6.70. The van der Waals surface area contributed by atoms with Crippen LogP contribution < -0.4 is 15.8 Å². The molecule has 0 saturated heterocycles. The average Bonchev–Trinajstić information content (AvgIpc) is 3.16. The van der Waals surface area contributed by atoms with Crippen LogP contribution in [-0.4, -0.2) is 22.6 Å². The summed E-state index contributed by atoms with van der Waals surface area (Å²) in [6.07, 6.45) is 1.88. The summed E-state index contributed by atoms with van der Waals surface area (Å²) >= 11 is 0. The summed E-state index contributed by atoms with van der Waals surface area (Å²) in [7, 11) is 1.63. The number of nitrogens with two attached hydrogens (primary N) is 1. The molecule has 3 aromatic carbocycles. The van der Waals surface area contributed by atoms with E-state index in [0.717, 1.165) is 34.6 Å². The lowest BCUT2D eigenvalue weighted by Gasteiger charge is -2.10. The second kappa shape index (κ2) is 8.48. The molecule has 0 aliphatic carbocycles. The Kier molecular flexibility index (Phi) is 5.42. The molecule has 0 amide bonds. The molecule has 4 rings (SSSR count). The maximum Gasteiger partial charge on any atom is 0.193 e. The summed E-state index contributed by atoms with van der Waals surface area (Å²) in [5.74, 6) is 1.07. The predicted molar refractivity (Wildman–Crippen MR) is 117 cm³/mol. The highest BCUT2D eigenvalue weighted by atomic mass is 16.5. The number of fused-ring (bicyclic) bond motifs is 1. The van der Waals surface area contributed by atoms with Gasteiger partial charge in [0.1, 0.15) is 5.75 Å². The van der Waals surface area contributed by atoms with E-state index < -0.39 is 0 Å². The van der Waals surface area contributed by atoms with Crippen LogP contribution in [0.25, 0.3) is 11.0 Å². The number of hydrogen-bond donors (Lipinski definition) is 2. The number of nitrogens with zero attached hydrogens (tertiary/aromatic N) is 3. The largest absolute Gasteiger partial charge is 0.495 e. The molecule has 0 atom stereocenters. The van der Waals surface area contributed by atoms with Gasteiger partial charge in [0.05, 0.1) is 36.7 Å². The Balaban J connectivity index is 1.39. The fourth-order valence-electron chi connectivity index (χ4n) is 3.18. The van der Waals surface area contributed by atoms with Gasteiger partial charge in [0.15, 0.2) is 5.96 Å². The topological polar surface area (TPSA) is 77.5 Å². The third-order valence-electron chi connectivity index (χ3n) is 4.70. The number of anilines is 1. The van der Waals surface area contributed by atoms with Crippen LogP contribution in [0.4, 0.5) is 5.69 Å². The molecule has 6 heteroatoms. The summed E-state index contributed by atoms with van der Waals surface area (Å²) < 4.78 is 7.46. The molecule has 29 heavy (non-hydrogen) atoms.